The van der Waals surface area contributed by atoms with Crippen molar-refractivity contribution in [2.75, 3.05) is 41.1 Å². The summed E-state index contributed by atoms with van der Waals surface area (Å²) in [5, 5.41) is 11.6. The van der Waals surface area contributed by atoms with Gasteiger partial charge in [0.25, 0.3) is 11.7 Å². The third-order valence-electron chi connectivity index (χ3n) is 5.66. The molecule has 2 aromatic carbocycles. The molecule has 0 radical (unpaired) electrons. The Bertz CT molecular complexity index is 1110. The van der Waals surface area contributed by atoms with Crippen molar-refractivity contribution in [3.8, 4) is 17.2 Å². The Hall–Kier alpha value is -3.23. The van der Waals surface area contributed by atoms with E-state index in [0.29, 0.717) is 36.7 Å². The first-order chi connectivity index (χ1) is 16.9. The molecule has 1 N–H and O–H groups in total. The number of aliphatic hydroxyl groups is 1. The lowest BCUT2D eigenvalue weighted by molar-refractivity contribution is -0.140. The quantitative estimate of drug-likeness (QED) is 0.207. The Balaban J connectivity index is 2.19. The van der Waals surface area contributed by atoms with Gasteiger partial charge in [-0.2, -0.15) is 0 Å². The molecule has 2 aromatic rings. The van der Waals surface area contributed by atoms with E-state index in [-0.39, 0.29) is 34.2 Å². The first-order valence-electron chi connectivity index (χ1n) is 11.3. The Morgan fingerprint density at radius 2 is 1.80 bits per heavy atom. The first-order valence-corrected chi connectivity index (χ1v) is 11.7. The van der Waals surface area contributed by atoms with Gasteiger partial charge in [-0.05, 0) is 36.6 Å². The molecule has 1 atom stereocenters. The van der Waals surface area contributed by atoms with Crippen molar-refractivity contribution in [2.24, 2.45) is 0 Å². The van der Waals surface area contributed by atoms with Gasteiger partial charge in [-0.3, -0.25) is 9.59 Å². The molecule has 0 aliphatic carbocycles. The van der Waals surface area contributed by atoms with E-state index in [1.54, 1.807) is 25.3 Å². The van der Waals surface area contributed by atoms with Gasteiger partial charge in [-0.15, -0.1) is 0 Å². The topological polar surface area (TPSA) is 94.5 Å². The number of methoxy groups -OCH3 is 3. The predicted molar refractivity (Wildman–Crippen MR) is 132 cm³/mol. The number of nitrogens with zero attached hydrogens (tertiary/aromatic N) is 1. The minimum Gasteiger partial charge on any atom is -0.507 e. The summed E-state index contributed by atoms with van der Waals surface area (Å²) < 4.78 is 21.5. The fourth-order valence-corrected chi connectivity index (χ4v) is 4.26. The van der Waals surface area contributed by atoms with Crippen molar-refractivity contribution in [1.82, 2.24) is 4.90 Å². The van der Waals surface area contributed by atoms with Gasteiger partial charge in [0.05, 0.1) is 43.0 Å². The lowest BCUT2D eigenvalue weighted by atomic mass is 9.94. The summed E-state index contributed by atoms with van der Waals surface area (Å²) in [6, 6.07) is 9.31. The maximum atomic E-state index is 13.2. The second-order valence-corrected chi connectivity index (χ2v) is 8.35. The standard InChI is InChI=1S/C26H30ClNO7/c1-5-11-35-17-9-6-8-16(13-17)23-22(25(30)26(31)28(23)10-7-12-32-2)24(29)18-14-19(27)21(34-4)15-20(18)33-3/h6,8-9,13-15,23,29H,5,7,10-12H2,1-4H3/b24-22+. The number of likely N-dealkylation sites (tertiary alicyclic amines) is 1. The van der Waals surface area contributed by atoms with Crippen LogP contribution in [0, 0.1) is 0 Å². The Morgan fingerprint density at radius 1 is 1.06 bits per heavy atom. The number of hydrogen-bond acceptors (Lipinski definition) is 7. The summed E-state index contributed by atoms with van der Waals surface area (Å²) in [7, 11) is 4.45. The van der Waals surface area contributed by atoms with E-state index in [1.807, 2.05) is 13.0 Å². The van der Waals surface area contributed by atoms with Crippen LogP contribution in [0.1, 0.15) is 36.9 Å². The molecule has 1 aliphatic heterocycles. The van der Waals surface area contributed by atoms with Crippen molar-refractivity contribution in [3.63, 3.8) is 0 Å². The van der Waals surface area contributed by atoms with Gasteiger partial charge in [-0.1, -0.05) is 30.7 Å². The van der Waals surface area contributed by atoms with E-state index >= 15 is 0 Å². The van der Waals surface area contributed by atoms with Crippen molar-refractivity contribution in [2.45, 2.75) is 25.8 Å². The van der Waals surface area contributed by atoms with Gasteiger partial charge in [0.2, 0.25) is 0 Å². The minimum absolute atomic E-state index is 0.0559. The second kappa shape index (κ2) is 12.0. The van der Waals surface area contributed by atoms with Gasteiger partial charge < -0.3 is 29.0 Å². The zero-order valence-electron chi connectivity index (χ0n) is 20.3. The third kappa shape index (κ3) is 5.55. The van der Waals surface area contributed by atoms with E-state index in [1.165, 1.54) is 31.3 Å². The van der Waals surface area contributed by atoms with E-state index in [0.717, 1.165) is 6.42 Å². The van der Waals surface area contributed by atoms with Crippen LogP contribution in [0.15, 0.2) is 42.0 Å². The molecule has 1 unspecified atom stereocenters. The zero-order valence-corrected chi connectivity index (χ0v) is 21.1. The smallest absolute Gasteiger partial charge is 0.295 e. The van der Waals surface area contributed by atoms with Crippen LogP contribution in [0.3, 0.4) is 0 Å². The highest BCUT2D eigenvalue weighted by Gasteiger charge is 2.46. The van der Waals surface area contributed by atoms with Crippen LogP contribution in [-0.4, -0.2) is 62.8 Å². The van der Waals surface area contributed by atoms with Crippen LogP contribution >= 0.6 is 11.6 Å². The summed E-state index contributed by atoms with van der Waals surface area (Å²) in [5.41, 5.74) is 0.756. The number of aliphatic hydroxyl groups excluding tert-OH is 1. The summed E-state index contributed by atoms with van der Waals surface area (Å²) in [4.78, 5) is 27.8. The van der Waals surface area contributed by atoms with Gasteiger partial charge in [0.15, 0.2) is 0 Å². The highest BCUT2D eigenvalue weighted by Crippen LogP contribution is 2.43. The van der Waals surface area contributed by atoms with Gasteiger partial charge in [0.1, 0.15) is 23.0 Å². The average Bonchev–Trinajstić information content (AvgIpc) is 3.12. The second-order valence-electron chi connectivity index (χ2n) is 7.95. The Kier molecular flexibility index (Phi) is 9.01. The monoisotopic (exact) mass is 503 g/mol. The zero-order chi connectivity index (χ0) is 25.5. The number of amides is 1. The van der Waals surface area contributed by atoms with Crippen LogP contribution in [0.4, 0.5) is 0 Å². The number of hydrogen-bond donors (Lipinski definition) is 1. The molecule has 0 bridgehead atoms. The first kappa shape index (κ1) is 26.4. The maximum absolute atomic E-state index is 13.2. The number of carbonyl (C=O) groups is 2. The Morgan fingerprint density at radius 3 is 2.46 bits per heavy atom. The molecule has 0 saturated carbocycles. The normalized spacial score (nSPS) is 17.1. The average molecular weight is 504 g/mol. The SMILES string of the molecule is CCCOc1cccc(C2/C(=C(\O)c3cc(Cl)c(OC)cc3OC)C(=O)C(=O)N2CCCOC)c1. The van der Waals surface area contributed by atoms with E-state index in [9.17, 15) is 14.7 Å². The molecule has 35 heavy (non-hydrogen) atoms. The van der Waals surface area contributed by atoms with Crippen molar-refractivity contribution < 1.29 is 33.6 Å². The molecular weight excluding hydrogens is 474 g/mol. The molecule has 3 rings (SSSR count). The largest absolute Gasteiger partial charge is 0.507 e. The molecule has 1 fully saturated rings. The van der Waals surface area contributed by atoms with Crippen LogP contribution < -0.4 is 14.2 Å². The van der Waals surface area contributed by atoms with E-state index < -0.39 is 17.7 Å². The summed E-state index contributed by atoms with van der Waals surface area (Å²) in [6.45, 7) is 3.21. The van der Waals surface area contributed by atoms with Crippen molar-refractivity contribution >= 4 is 29.1 Å². The number of carbonyl (C=O) groups excluding carboxylic acids is 2. The van der Waals surface area contributed by atoms with Crippen molar-refractivity contribution in [3.05, 3.63) is 58.1 Å². The number of ketones is 1. The molecule has 1 heterocycles. The maximum Gasteiger partial charge on any atom is 0.295 e. The highest BCUT2D eigenvalue weighted by molar-refractivity contribution is 6.46. The molecule has 1 amide bonds. The van der Waals surface area contributed by atoms with E-state index in [4.69, 9.17) is 30.5 Å². The number of halogens is 1. The minimum atomic E-state index is -0.831. The predicted octanol–water partition coefficient (Wildman–Crippen LogP) is 4.60. The summed E-state index contributed by atoms with van der Waals surface area (Å²) in [5.74, 6) is -0.684. The van der Waals surface area contributed by atoms with Crippen LogP contribution in [0.5, 0.6) is 17.2 Å². The highest BCUT2D eigenvalue weighted by atomic mass is 35.5. The van der Waals surface area contributed by atoms with Crippen LogP contribution in [0.2, 0.25) is 5.02 Å². The number of Topliss-reactive ketones (excluding diaryl/α,β-unsaturated/α-hetero) is 1. The number of ether oxygens (including phenoxy) is 4. The molecule has 0 aromatic heterocycles. The molecule has 188 valence electrons. The molecule has 8 nitrogen and oxygen atoms in total. The number of rotatable bonds is 11. The van der Waals surface area contributed by atoms with E-state index in [2.05, 4.69) is 0 Å². The number of benzene rings is 2. The molecule has 1 saturated heterocycles. The fraction of sp³-hybridized carbons (Fsp3) is 0.385. The Labute approximate surface area is 210 Å². The van der Waals surface area contributed by atoms with Crippen LogP contribution in [-0.2, 0) is 14.3 Å². The molecular formula is C26H30ClNO7. The van der Waals surface area contributed by atoms with Gasteiger partial charge in [-0.25, -0.2) is 0 Å². The summed E-state index contributed by atoms with van der Waals surface area (Å²) >= 11 is 6.30. The lowest BCUT2D eigenvalue weighted by Gasteiger charge is -2.26. The van der Waals surface area contributed by atoms with Gasteiger partial charge in [0, 0.05) is 26.3 Å². The molecule has 9 heteroatoms. The fourth-order valence-electron chi connectivity index (χ4n) is 4.02. The molecule has 1 aliphatic rings. The summed E-state index contributed by atoms with van der Waals surface area (Å²) in [6.07, 6.45) is 1.35. The lowest BCUT2D eigenvalue weighted by Crippen LogP contribution is -2.31. The van der Waals surface area contributed by atoms with Crippen LogP contribution in [0.25, 0.3) is 5.76 Å². The molecule has 0 spiro atoms. The van der Waals surface area contributed by atoms with Gasteiger partial charge >= 0.3 is 0 Å². The van der Waals surface area contributed by atoms with Crippen molar-refractivity contribution in [1.29, 1.82) is 0 Å². The third-order valence-corrected chi connectivity index (χ3v) is 5.96.